The maximum Gasteiger partial charge on any atom is 0.223 e. The molecule has 4 heterocycles. The number of aromatic amines is 1. The van der Waals surface area contributed by atoms with E-state index in [4.69, 9.17) is 0 Å². The molecule has 27 heavy (non-hydrogen) atoms. The van der Waals surface area contributed by atoms with E-state index in [1.807, 2.05) is 12.3 Å². The molecule has 0 spiro atoms. The molecule has 2 aliphatic heterocycles. The average molecular weight is 364 g/mol. The van der Waals surface area contributed by atoms with Crippen LogP contribution in [0.3, 0.4) is 0 Å². The number of carbonyl (C=O) groups is 1. The largest absolute Gasteiger partial charge is 0.346 e. The molecule has 2 saturated heterocycles. The van der Waals surface area contributed by atoms with Crippen LogP contribution in [0.5, 0.6) is 0 Å². The summed E-state index contributed by atoms with van der Waals surface area (Å²) in [6.07, 6.45) is 7.81. The van der Waals surface area contributed by atoms with E-state index in [1.165, 1.54) is 5.56 Å². The highest BCUT2D eigenvalue weighted by atomic mass is 16.2. The monoisotopic (exact) mass is 364 g/mol. The number of H-pyrrole nitrogens is 1. The number of rotatable bonds is 5. The molecule has 142 valence electrons. The Labute approximate surface area is 160 Å². The predicted molar refractivity (Wildman–Crippen MR) is 105 cm³/mol. The van der Waals surface area contributed by atoms with Crippen LogP contribution in [0.15, 0.2) is 24.5 Å². The lowest BCUT2D eigenvalue weighted by molar-refractivity contribution is -0.152. The summed E-state index contributed by atoms with van der Waals surface area (Å²) in [5, 5.41) is 10.6. The van der Waals surface area contributed by atoms with Gasteiger partial charge in [-0.2, -0.15) is 5.26 Å². The van der Waals surface area contributed by atoms with E-state index in [2.05, 4.69) is 47.8 Å². The van der Waals surface area contributed by atoms with Crippen LogP contribution in [-0.4, -0.2) is 32.9 Å². The SMILES string of the molecule is CCC1CC2(C#N)CC(C2)N1C(=O)CC(c1c[nH]c2ncccc12)C(C)C. The fourth-order valence-electron chi connectivity index (χ4n) is 5.22. The van der Waals surface area contributed by atoms with Gasteiger partial charge < -0.3 is 9.88 Å². The predicted octanol–water partition coefficient (Wildman–Crippen LogP) is 4.38. The Bertz CT molecular complexity index is 887. The van der Waals surface area contributed by atoms with Crippen molar-refractivity contribution in [1.82, 2.24) is 14.9 Å². The summed E-state index contributed by atoms with van der Waals surface area (Å²) in [5.74, 6) is 0.767. The molecule has 3 aliphatic rings. The number of fused-ring (bicyclic) bond motifs is 3. The quantitative estimate of drug-likeness (QED) is 0.856. The van der Waals surface area contributed by atoms with Crippen molar-refractivity contribution >= 4 is 16.9 Å². The van der Waals surface area contributed by atoms with Gasteiger partial charge >= 0.3 is 0 Å². The maximum absolute atomic E-state index is 13.4. The number of nitrogens with one attached hydrogen (secondary N) is 1. The third-order valence-electron chi connectivity index (χ3n) is 6.74. The van der Waals surface area contributed by atoms with E-state index in [9.17, 15) is 10.1 Å². The highest BCUT2D eigenvalue weighted by Crippen LogP contribution is 2.53. The summed E-state index contributed by atoms with van der Waals surface area (Å²) < 4.78 is 0. The number of hydrogen-bond donors (Lipinski definition) is 1. The van der Waals surface area contributed by atoms with Crippen LogP contribution < -0.4 is 0 Å². The number of nitrogens with zero attached hydrogens (tertiary/aromatic N) is 3. The summed E-state index contributed by atoms with van der Waals surface area (Å²) in [5.41, 5.74) is 1.90. The third-order valence-corrected chi connectivity index (χ3v) is 6.74. The lowest BCUT2D eigenvalue weighted by Gasteiger charge is -2.58. The van der Waals surface area contributed by atoms with Gasteiger partial charge in [0.2, 0.25) is 5.91 Å². The van der Waals surface area contributed by atoms with Crippen molar-refractivity contribution in [2.45, 2.75) is 70.9 Å². The van der Waals surface area contributed by atoms with E-state index in [0.29, 0.717) is 12.3 Å². The molecule has 2 aromatic heterocycles. The third kappa shape index (κ3) is 2.92. The second-order valence-electron chi connectivity index (χ2n) is 8.72. The molecular weight excluding hydrogens is 336 g/mol. The lowest BCUT2D eigenvalue weighted by atomic mass is 9.58. The molecule has 2 aromatic rings. The van der Waals surface area contributed by atoms with Crippen LogP contribution in [-0.2, 0) is 4.79 Å². The van der Waals surface area contributed by atoms with Crippen molar-refractivity contribution in [1.29, 1.82) is 5.26 Å². The molecule has 0 radical (unpaired) electrons. The smallest absolute Gasteiger partial charge is 0.223 e. The van der Waals surface area contributed by atoms with Crippen LogP contribution in [0.1, 0.15) is 64.4 Å². The zero-order valence-electron chi connectivity index (χ0n) is 16.4. The van der Waals surface area contributed by atoms with Crippen molar-refractivity contribution < 1.29 is 4.79 Å². The number of hydrogen-bond acceptors (Lipinski definition) is 3. The second kappa shape index (κ2) is 6.67. The van der Waals surface area contributed by atoms with Crippen molar-refractivity contribution in [2.75, 3.05) is 0 Å². The van der Waals surface area contributed by atoms with E-state index in [0.717, 1.165) is 36.7 Å². The number of piperidine rings is 2. The standard InChI is InChI=1S/C22H28N4O/c1-4-15-9-22(13-23)10-16(11-22)26(15)20(27)8-18(14(2)3)19-12-25-21-17(19)6-5-7-24-21/h5-7,12,14-16,18H,4,8-11H2,1-3H3,(H,24,25). The van der Waals surface area contributed by atoms with Crippen molar-refractivity contribution in [3.63, 3.8) is 0 Å². The highest BCUT2D eigenvalue weighted by molar-refractivity contribution is 5.83. The van der Waals surface area contributed by atoms with Gasteiger partial charge in [-0.25, -0.2) is 4.98 Å². The molecule has 1 N–H and O–H groups in total. The fourth-order valence-corrected chi connectivity index (χ4v) is 5.22. The summed E-state index contributed by atoms with van der Waals surface area (Å²) >= 11 is 0. The molecule has 1 aliphatic carbocycles. The molecule has 5 nitrogen and oxygen atoms in total. The van der Waals surface area contributed by atoms with Gasteiger partial charge in [-0.05, 0) is 55.2 Å². The normalized spacial score (nSPS) is 28.0. The molecule has 1 saturated carbocycles. The summed E-state index contributed by atoms with van der Waals surface area (Å²) in [6, 6.07) is 7.02. The van der Waals surface area contributed by atoms with E-state index < -0.39 is 0 Å². The first-order chi connectivity index (χ1) is 13.0. The summed E-state index contributed by atoms with van der Waals surface area (Å²) in [6.45, 7) is 6.50. The molecule has 2 atom stereocenters. The van der Waals surface area contributed by atoms with Crippen LogP contribution in [0.25, 0.3) is 11.0 Å². The van der Waals surface area contributed by atoms with E-state index in [1.54, 1.807) is 6.20 Å². The maximum atomic E-state index is 13.4. The van der Waals surface area contributed by atoms with Gasteiger partial charge in [0.05, 0.1) is 11.5 Å². The molecule has 2 bridgehead atoms. The minimum absolute atomic E-state index is 0.163. The number of pyridine rings is 1. The van der Waals surface area contributed by atoms with Crippen LogP contribution in [0.4, 0.5) is 0 Å². The van der Waals surface area contributed by atoms with Gasteiger partial charge in [0, 0.05) is 36.3 Å². The molecule has 5 rings (SSSR count). The van der Waals surface area contributed by atoms with Crippen LogP contribution in [0.2, 0.25) is 0 Å². The zero-order valence-corrected chi connectivity index (χ0v) is 16.4. The first-order valence-electron chi connectivity index (χ1n) is 10.1. The molecule has 0 aromatic carbocycles. The Hall–Kier alpha value is -2.35. The molecule has 2 unspecified atom stereocenters. The number of carbonyl (C=O) groups excluding carboxylic acids is 1. The lowest BCUT2D eigenvalue weighted by Crippen LogP contribution is -2.63. The second-order valence-corrected chi connectivity index (χ2v) is 8.72. The fraction of sp³-hybridized carbons (Fsp3) is 0.591. The van der Waals surface area contributed by atoms with E-state index >= 15 is 0 Å². The first-order valence-corrected chi connectivity index (χ1v) is 10.1. The molecular formula is C22H28N4O. The molecule has 5 heteroatoms. The van der Waals surface area contributed by atoms with Gasteiger partial charge in [0.15, 0.2) is 0 Å². The number of nitriles is 1. The van der Waals surface area contributed by atoms with Gasteiger partial charge in [-0.3, -0.25) is 4.79 Å². The van der Waals surface area contributed by atoms with Gasteiger partial charge in [-0.15, -0.1) is 0 Å². The summed E-state index contributed by atoms with van der Waals surface area (Å²) in [7, 11) is 0. The Balaban J connectivity index is 1.57. The van der Waals surface area contributed by atoms with Crippen molar-refractivity contribution in [3.05, 3.63) is 30.1 Å². The van der Waals surface area contributed by atoms with E-state index in [-0.39, 0.29) is 29.3 Å². The Kier molecular flexibility index (Phi) is 4.46. The van der Waals surface area contributed by atoms with Crippen LogP contribution >= 0.6 is 0 Å². The Morgan fingerprint density at radius 3 is 2.89 bits per heavy atom. The summed E-state index contributed by atoms with van der Waals surface area (Å²) in [4.78, 5) is 23.1. The number of aromatic nitrogens is 2. The van der Waals surface area contributed by atoms with Crippen molar-refractivity contribution in [3.8, 4) is 6.07 Å². The highest BCUT2D eigenvalue weighted by Gasteiger charge is 2.55. The Morgan fingerprint density at radius 2 is 2.22 bits per heavy atom. The molecule has 1 amide bonds. The topological polar surface area (TPSA) is 72.8 Å². The van der Waals surface area contributed by atoms with Gasteiger partial charge in [0.1, 0.15) is 5.65 Å². The first kappa shape index (κ1) is 18.0. The number of amides is 1. The minimum atomic E-state index is -0.165. The zero-order chi connectivity index (χ0) is 19.2. The van der Waals surface area contributed by atoms with Crippen LogP contribution in [0, 0.1) is 22.7 Å². The minimum Gasteiger partial charge on any atom is -0.346 e. The van der Waals surface area contributed by atoms with Gasteiger partial charge in [-0.1, -0.05) is 20.8 Å². The Morgan fingerprint density at radius 1 is 1.44 bits per heavy atom. The average Bonchev–Trinajstić information content (AvgIpc) is 3.08. The molecule has 3 fully saturated rings. The van der Waals surface area contributed by atoms with Gasteiger partial charge in [0.25, 0.3) is 0 Å². The van der Waals surface area contributed by atoms with Crippen molar-refractivity contribution in [2.24, 2.45) is 11.3 Å².